The molecule has 1 rings (SSSR count). The summed E-state index contributed by atoms with van der Waals surface area (Å²) in [5.41, 5.74) is 5.55. The second-order valence-electron chi connectivity index (χ2n) is 4.57. The fraction of sp³-hybridized carbons (Fsp3) is 1.00. The van der Waals surface area contributed by atoms with E-state index in [0.717, 1.165) is 12.5 Å². The number of likely N-dealkylation sites (tertiary alicyclic amines) is 1. The van der Waals surface area contributed by atoms with Gasteiger partial charge in [-0.2, -0.15) is 0 Å². The summed E-state index contributed by atoms with van der Waals surface area (Å²) in [7, 11) is 0. The SMILES string of the molecule is CCCN1CCCC(CCCN)CC1. The first-order valence-corrected chi connectivity index (χ1v) is 6.29. The Bertz CT molecular complexity index is 136. The lowest BCUT2D eigenvalue weighted by atomic mass is 9.95. The number of hydrogen-bond donors (Lipinski definition) is 1. The predicted molar refractivity (Wildman–Crippen MR) is 62.4 cm³/mol. The van der Waals surface area contributed by atoms with Crippen LogP contribution in [-0.4, -0.2) is 31.1 Å². The van der Waals surface area contributed by atoms with Crippen LogP contribution in [0.15, 0.2) is 0 Å². The van der Waals surface area contributed by atoms with Crippen molar-refractivity contribution in [3.63, 3.8) is 0 Å². The molecule has 1 atom stereocenters. The van der Waals surface area contributed by atoms with E-state index in [-0.39, 0.29) is 0 Å². The number of rotatable bonds is 5. The van der Waals surface area contributed by atoms with Gasteiger partial charge in [-0.25, -0.2) is 0 Å². The first-order chi connectivity index (χ1) is 6.86. The van der Waals surface area contributed by atoms with E-state index in [0.29, 0.717) is 0 Å². The third-order valence-electron chi connectivity index (χ3n) is 3.30. The van der Waals surface area contributed by atoms with Crippen LogP contribution < -0.4 is 5.73 Å². The lowest BCUT2D eigenvalue weighted by Crippen LogP contribution is -2.25. The van der Waals surface area contributed by atoms with Crippen molar-refractivity contribution < 1.29 is 0 Å². The first kappa shape index (κ1) is 12.0. The van der Waals surface area contributed by atoms with Gasteiger partial charge in [0.25, 0.3) is 0 Å². The Labute approximate surface area is 88.8 Å². The van der Waals surface area contributed by atoms with E-state index in [1.807, 2.05) is 0 Å². The van der Waals surface area contributed by atoms with Crippen molar-refractivity contribution in [1.82, 2.24) is 4.90 Å². The van der Waals surface area contributed by atoms with Crippen LogP contribution in [0.1, 0.15) is 45.4 Å². The highest BCUT2D eigenvalue weighted by atomic mass is 15.1. The molecule has 0 aromatic carbocycles. The van der Waals surface area contributed by atoms with Crippen molar-refractivity contribution >= 4 is 0 Å². The van der Waals surface area contributed by atoms with Gasteiger partial charge in [0, 0.05) is 0 Å². The molecule has 1 saturated heterocycles. The Morgan fingerprint density at radius 3 is 2.86 bits per heavy atom. The maximum atomic E-state index is 5.55. The molecule has 0 radical (unpaired) electrons. The molecule has 1 aliphatic rings. The summed E-state index contributed by atoms with van der Waals surface area (Å²) in [6, 6.07) is 0. The molecule has 0 amide bonds. The van der Waals surface area contributed by atoms with E-state index < -0.39 is 0 Å². The number of nitrogens with two attached hydrogens (primary N) is 1. The van der Waals surface area contributed by atoms with Crippen LogP contribution in [0.2, 0.25) is 0 Å². The normalized spacial score (nSPS) is 24.9. The van der Waals surface area contributed by atoms with Crippen LogP contribution in [0.5, 0.6) is 0 Å². The number of nitrogens with zero attached hydrogens (tertiary/aromatic N) is 1. The molecule has 2 N–H and O–H groups in total. The summed E-state index contributed by atoms with van der Waals surface area (Å²) < 4.78 is 0. The molecular weight excluding hydrogens is 172 g/mol. The Balaban J connectivity index is 2.19. The maximum absolute atomic E-state index is 5.55. The Morgan fingerprint density at radius 1 is 1.29 bits per heavy atom. The lowest BCUT2D eigenvalue weighted by molar-refractivity contribution is 0.280. The largest absolute Gasteiger partial charge is 0.330 e. The summed E-state index contributed by atoms with van der Waals surface area (Å²) >= 11 is 0. The van der Waals surface area contributed by atoms with Crippen LogP contribution in [-0.2, 0) is 0 Å². The molecule has 1 unspecified atom stereocenters. The van der Waals surface area contributed by atoms with E-state index in [1.54, 1.807) is 0 Å². The van der Waals surface area contributed by atoms with Crippen molar-refractivity contribution in [3.05, 3.63) is 0 Å². The van der Waals surface area contributed by atoms with E-state index in [9.17, 15) is 0 Å². The Morgan fingerprint density at radius 2 is 2.14 bits per heavy atom. The highest BCUT2D eigenvalue weighted by molar-refractivity contribution is 4.70. The van der Waals surface area contributed by atoms with Crippen LogP contribution in [0.25, 0.3) is 0 Å². The fourth-order valence-electron chi connectivity index (χ4n) is 2.46. The molecule has 0 aromatic heterocycles. The van der Waals surface area contributed by atoms with Crippen molar-refractivity contribution in [1.29, 1.82) is 0 Å². The van der Waals surface area contributed by atoms with Gasteiger partial charge in [0.1, 0.15) is 0 Å². The van der Waals surface area contributed by atoms with E-state index in [4.69, 9.17) is 5.73 Å². The summed E-state index contributed by atoms with van der Waals surface area (Å²) in [6.45, 7) is 7.09. The molecule has 2 heteroatoms. The maximum Gasteiger partial charge on any atom is -0.00161 e. The van der Waals surface area contributed by atoms with Gasteiger partial charge in [-0.15, -0.1) is 0 Å². The number of hydrogen-bond acceptors (Lipinski definition) is 2. The van der Waals surface area contributed by atoms with E-state index in [1.165, 1.54) is 58.2 Å². The van der Waals surface area contributed by atoms with Crippen LogP contribution in [0, 0.1) is 5.92 Å². The van der Waals surface area contributed by atoms with Crippen LogP contribution in [0.4, 0.5) is 0 Å². The van der Waals surface area contributed by atoms with Crippen molar-refractivity contribution in [2.24, 2.45) is 11.7 Å². The summed E-state index contributed by atoms with van der Waals surface area (Å²) in [5, 5.41) is 0. The molecule has 14 heavy (non-hydrogen) atoms. The van der Waals surface area contributed by atoms with Gasteiger partial charge < -0.3 is 10.6 Å². The highest BCUT2D eigenvalue weighted by Gasteiger charge is 2.15. The first-order valence-electron chi connectivity index (χ1n) is 6.29. The van der Waals surface area contributed by atoms with Gasteiger partial charge in [0.2, 0.25) is 0 Å². The Kier molecular flexibility index (Phi) is 6.20. The Hall–Kier alpha value is -0.0800. The molecule has 0 saturated carbocycles. The molecule has 1 fully saturated rings. The lowest BCUT2D eigenvalue weighted by Gasteiger charge is -2.18. The van der Waals surface area contributed by atoms with E-state index >= 15 is 0 Å². The second-order valence-corrected chi connectivity index (χ2v) is 4.57. The van der Waals surface area contributed by atoms with Crippen LogP contribution in [0.3, 0.4) is 0 Å². The summed E-state index contributed by atoms with van der Waals surface area (Å²) in [4.78, 5) is 2.63. The van der Waals surface area contributed by atoms with Gasteiger partial charge in [0.05, 0.1) is 0 Å². The molecule has 0 aromatic rings. The topological polar surface area (TPSA) is 29.3 Å². The average Bonchev–Trinajstić information content (AvgIpc) is 2.41. The zero-order valence-corrected chi connectivity index (χ0v) is 9.67. The van der Waals surface area contributed by atoms with Crippen molar-refractivity contribution in [3.8, 4) is 0 Å². The molecule has 0 bridgehead atoms. The van der Waals surface area contributed by atoms with Gasteiger partial charge >= 0.3 is 0 Å². The van der Waals surface area contributed by atoms with Crippen molar-refractivity contribution in [2.45, 2.75) is 45.4 Å². The van der Waals surface area contributed by atoms with Gasteiger partial charge in [-0.1, -0.05) is 6.92 Å². The van der Waals surface area contributed by atoms with Gasteiger partial charge in [0.15, 0.2) is 0 Å². The third kappa shape index (κ3) is 4.43. The molecule has 2 nitrogen and oxygen atoms in total. The smallest absolute Gasteiger partial charge is 0.00161 e. The summed E-state index contributed by atoms with van der Waals surface area (Å²) in [5.74, 6) is 0.959. The molecule has 0 spiro atoms. The average molecular weight is 198 g/mol. The fourth-order valence-corrected chi connectivity index (χ4v) is 2.46. The standard InChI is InChI=1S/C12H26N2/c1-2-9-14-10-4-6-12(7-11-14)5-3-8-13/h12H,2-11,13H2,1H3. The molecule has 1 aliphatic heterocycles. The van der Waals surface area contributed by atoms with Crippen molar-refractivity contribution in [2.75, 3.05) is 26.2 Å². The minimum atomic E-state index is 0.870. The molecule has 1 heterocycles. The van der Waals surface area contributed by atoms with Crippen LogP contribution >= 0.6 is 0 Å². The second kappa shape index (κ2) is 7.24. The third-order valence-corrected chi connectivity index (χ3v) is 3.30. The molecule has 0 aliphatic carbocycles. The quantitative estimate of drug-likeness (QED) is 0.734. The zero-order chi connectivity index (χ0) is 10.2. The monoisotopic (exact) mass is 198 g/mol. The minimum absolute atomic E-state index is 0.870. The molecular formula is C12H26N2. The van der Waals surface area contributed by atoms with Gasteiger partial charge in [-0.05, 0) is 70.6 Å². The van der Waals surface area contributed by atoms with E-state index in [2.05, 4.69) is 11.8 Å². The summed E-state index contributed by atoms with van der Waals surface area (Å²) in [6.07, 6.45) is 8.11. The van der Waals surface area contributed by atoms with Gasteiger partial charge in [-0.3, -0.25) is 0 Å². The minimum Gasteiger partial charge on any atom is -0.330 e. The highest BCUT2D eigenvalue weighted by Crippen LogP contribution is 2.21. The molecule has 84 valence electrons. The zero-order valence-electron chi connectivity index (χ0n) is 9.67. The predicted octanol–water partition coefficient (Wildman–Crippen LogP) is 2.24.